The first-order valence-electron chi connectivity index (χ1n) is 8.48. The number of rotatable bonds is 14. The van der Waals surface area contributed by atoms with E-state index in [1.165, 1.54) is 64.8 Å². The summed E-state index contributed by atoms with van der Waals surface area (Å²) in [5.74, 6) is -1.14. The van der Waals surface area contributed by atoms with E-state index < -0.39 is 5.97 Å². The fraction of sp³-hybridized carbons (Fsp3) is 0.882. The molecule has 0 heterocycles. The maximum absolute atomic E-state index is 11.1. The molecule has 0 saturated carbocycles. The Kier molecular flexibility index (Phi) is 30.1. The summed E-state index contributed by atoms with van der Waals surface area (Å²) in [5, 5.41) is 8.44. The zero-order valence-corrected chi connectivity index (χ0v) is 18.2. The van der Waals surface area contributed by atoms with Gasteiger partial charge in [-0.05, 0) is 13.5 Å². The van der Waals surface area contributed by atoms with E-state index >= 15 is 0 Å². The molecule has 0 rings (SSSR count). The van der Waals surface area contributed by atoms with Crippen LogP contribution >= 0.6 is 0 Å². The molecule has 0 aliphatic carbocycles. The zero-order chi connectivity index (χ0) is 16.3. The second-order valence-corrected chi connectivity index (χ2v) is 5.39. The quantitative estimate of drug-likeness (QED) is 0.284. The predicted octanol–water partition coefficient (Wildman–Crippen LogP) is 1.42. The van der Waals surface area contributed by atoms with Gasteiger partial charge in [0, 0.05) is 6.42 Å². The minimum atomic E-state index is -1.01. The molecule has 22 heavy (non-hydrogen) atoms. The molecular weight excluding hydrogens is 305 g/mol. The number of aliphatic carboxylic acids is 1. The summed E-state index contributed by atoms with van der Waals surface area (Å²) < 4.78 is 0. The molecule has 0 aromatic carbocycles. The summed E-state index contributed by atoms with van der Waals surface area (Å²) in [5.41, 5.74) is 4.50. The Morgan fingerprint density at radius 2 is 1.18 bits per heavy atom. The number of carboxylic acid groups (broad SMARTS) is 1. The summed E-state index contributed by atoms with van der Waals surface area (Å²) in [6.07, 6.45) is 13.9. The van der Waals surface area contributed by atoms with Crippen molar-refractivity contribution in [3.8, 4) is 0 Å². The van der Waals surface area contributed by atoms with Gasteiger partial charge in [0.2, 0.25) is 0 Å². The maximum atomic E-state index is 11.1. The van der Waals surface area contributed by atoms with Gasteiger partial charge in [-0.1, -0.05) is 71.1 Å². The van der Waals surface area contributed by atoms with E-state index in [-0.39, 0.29) is 65.0 Å². The monoisotopic (exact) mass is 341 g/mol. The third-order valence-corrected chi connectivity index (χ3v) is 3.41. The van der Waals surface area contributed by atoms with E-state index in [1.54, 1.807) is 0 Å². The Balaban J connectivity index is -0.000000432. The number of unbranched alkanes of at least 4 members (excludes halogenated alkanes) is 10. The molecule has 0 bridgehead atoms. The number of hydrogen-bond donors (Lipinski definition) is 2. The SMILES string of the molecule is CCCCCCCCCCCCCC(=O)CC(=O)O.CN.[H-].[K+]. The van der Waals surface area contributed by atoms with Crippen molar-refractivity contribution in [3.05, 3.63) is 0 Å². The Morgan fingerprint density at radius 1 is 0.818 bits per heavy atom. The summed E-state index contributed by atoms with van der Waals surface area (Å²) in [6, 6.07) is 0. The second kappa shape index (κ2) is 24.0. The van der Waals surface area contributed by atoms with Crippen LogP contribution in [-0.4, -0.2) is 23.9 Å². The van der Waals surface area contributed by atoms with E-state index in [1.807, 2.05) is 0 Å². The van der Waals surface area contributed by atoms with Crippen LogP contribution in [0.15, 0.2) is 0 Å². The van der Waals surface area contributed by atoms with Crippen LogP contribution in [0.25, 0.3) is 0 Å². The molecule has 0 spiro atoms. The number of Topliss-reactive ketones (excluding diaryl/α,β-unsaturated/α-hetero) is 1. The molecule has 0 atom stereocenters. The van der Waals surface area contributed by atoms with E-state index in [9.17, 15) is 9.59 Å². The van der Waals surface area contributed by atoms with Gasteiger partial charge in [-0.25, -0.2) is 0 Å². The van der Waals surface area contributed by atoms with Gasteiger partial charge in [-0.2, -0.15) is 0 Å². The first kappa shape index (κ1) is 27.6. The smallest absolute Gasteiger partial charge is 1.00 e. The van der Waals surface area contributed by atoms with Crippen LogP contribution in [0.4, 0.5) is 0 Å². The van der Waals surface area contributed by atoms with Crippen LogP contribution in [0.1, 0.15) is 91.8 Å². The normalized spacial score (nSPS) is 9.41. The topological polar surface area (TPSA) is 80.4 Å². The van der Waals surface area contributed by atoms with Gasteiger partial charge < -0.3 is 12.3 Å². The number of hydrogen-bond acceptors (Lipinski definition) is 3. The van der Waals surface area contributed by atoms with Crippen molar-refractivity contribution in [3.63, 3.8) is 0 Å². The molecule has 0 aliphatic rings. The van der Waals surface area contributed by atoms with Crippen LogP contribution in [-0.2, 0) is 9.59 Å². The van der Waals surface area contributed by atoms with Crippen molar-refractivity contribution < 1.29 is 67.5 Å². The number of nitrogens with two attached hydrogens (primary N) is 1. The summed E-state index contributed by atoms with van der Waals surface area (Å²) in [4.78, 5) is 21.4. The predicted molar refractivity (Wildman–Crippen MR) is 89.6 cm³/mol. The fourth-order valence-electron chi connectivity index (χ4n) is 2.24. The molecule has 4 nitrogen and oxygen atoms in total. The first-order chi connectivity index (χ1) is 10.2. The Hall–Kier alpha value is 0.736. The van der Waals surface area contributed by atoms with Crippen LogP contribution in [0.3, 0.4) is 0 Å². The number of carboxylic acids is 1. The molecule has 3 N–H and O–H groups in total. The molecule has 0 unspecified atom stereocenters. The molecule has 0 fully saturated rings. The second-order valence-electron chi connectivity index (χ2n) is 5.39. The van der Waals surface area contributed by atoms with Crippen LogP contribution in [0.5, 0.6) is 0 Å². The average Bonchev–Trinajstić information content (AvgIpc) is 2.46. The van der Waals surface area contributed by atoms with Crippen molar-refractivity contribution in [1.29, 1.82) is 0 Å². The Morgan fingerprint density at radius 3 is 1.55 bits per heavy atom. The molecule has 0 amide bonds. The molecule has 0 aromatic rings. The molecular formula is C17H36KNO3. The van der Waals surface area contributed by atoms with Crippen molar-refractivity contribution in [2.45, 2.75) is 90.4 Å². The number of ketones is 1. The van der Waals surface area contributed by atoms with E-state index in [4.69, 9.17) is 5.11 Å². The molecule has 0 aliphatic heterocycles. The van der Waals surface area contributed by atoms with Gasteiger partial charge in [0.05, 0.1) is 0 Å². The maximum Gasteiger partial charge on any atom is 1.00 e. The van der Waals surface area contributed by atoms with Crippen LogP contribution < -0.4 is 57.1 Å². The summed E-state index contributed by atoms with van der Waals surface area (Å²) >= 11 is 0. The summed E-state index contributed by atoms with van der Waals surface area (Å²) in [6.45, 7) is 2.24. The Bertz CT molecular complexity index is 254. The van der Waals surface area contributed by atoms with E-state index in [0.29, 0.717) is 6.42 Å². The van der Waals surface area contributed by atoms with Gasteiger partial charge in [0.25, 0.3) is 0 Å². The van der Waals surface area contributed by atoms with Crippen molar-refractivity contribution in [2.24, 2.45) is 5.73 Å². The van der Waals surface area contributed by atoms with Gasteiger partial charge in [0.1, 0.15) is 12.2 Å². The van der Waals surface area contributed by atoms with Gasteiger partial charge in [0.15, 0.2) is 0 Å². The largest absolute Gasteiger partial charge is 1.00 e. The molecule has 0 radical (unpaired) electrons. The third kappa shape index (κ3) is 25.7. The Labute approximate surface area is 180 Å². The third-order valence-electron chi connectivity index (χ3n) is 3.41. The average molecular weight is 342 g/mol. The van der Waals surface area contributed by atoms with Gasteiger partial charge >= 0.3 is 57.4 Å². The van der Waals surface area contributed by atoms with E-state index in [0.717, 1.165) is 12.8 Å². The van der Waals surface area contributed by atoms with Crippen molar-refractivity contribution >= 4 is 11.8 Å². The fourth-order valence-corrected chi connectivity index (χ4v) is 2.24. The van der Waals surface area contributed by atoms with Crippen molar-refractivity contribution in [2.75, 3.05) is 7.05 Å². The van der Waals surface area contributed by atoms with Gasteiger partial charge in [-0.15, -0.1) is 0 Å². The van der Waals surface area contributed by atoms with E-state index in [2.05, 4.69) is 12.7 Å². The minimum Gasteiger partial charge on any atom is -1.00 e. The first-order valence-corrected chi connectivity index (χ1v) is 8.48. The van der Waals surface area contributed by atoms with Crippen LogP contribution in [0.2, 0.25) is 0 Å². The minimum absolute atomic E-state index is 0. The molecule has 128 valence electrons. The standard InChI is InChI=1S/C16H30O3.CH5N.K.H/c1-2-3-4-5-6-7-8-9-10-11-12-13-15(17)14-16(18)19;1-2;;/h2-14H2,1H3,(H,18,19);2H2,1H3;;/q;;+1;-1. The zero-order valence-electron chi connectivity index (χ0n) is 16.0. The van der Waals surface area contributed by atoms with Crippen LogP contribution in [0, 0.1) is 0 Å². The number of carbonyl (C=O) groups excluding carboxylic acids is 1. The van der Waals surface area contributed by atoms with Crippen molar-refractivity contribution in [1.82, 2.24) is 0 Å². The summed E-state index contributed by atoms with van der Waals surface area (Å²) in [7, 11) is 1.50. The number of carbonyl (C=O) groups is 2. The molecule has 0 aromatic heterocycles. The molecule has 5 heteroatoms. The molecule has 0 saturated heterocycles. The van der Waals surface area contributed by atoms with Gasteiger partial charge in [-0.3, -0.25) is 9.59 Å².